The minimum atomic E-state index is -3.49. The van der Waals surface area contributed by atoms with Gasteiger partial charge in [0.05, 0.1) is 25.5 Å². The number of ether oxygens (including phenoxy) is 2. The summed E-state index contributed by atoms with van der Waals surface area (Å²) < 4.78 is 35.6. The van der Waals surface area contributed by atoms with E-state index in [1.54, 1.807) is 37.4 Å². The number of anilines is 1. The van der Waals surface area contributed by atoms with Crippen molar-refractivity contribution in [2.24, 2.45) is 0 Å². The van der Waals surface area contributed by atoms with Crippen LogP contribution in [0.15, 0.2) is 47.4 Å². The van der Waals surface area contributed by atoms with E-state index in [0.29, 0.717) is 17.2 Å². The van der Waals surface area contributed by atoms with Crippen LogP contribution in [0.3, 0.4) is 0 Å². The van der Waals surface area contributed by atoms with Gasteiger partial charge in [-0.2, -0.15) is 0 Å². The zero-order valence-corrected chi connectivity index (χ0v) is 16.0. The van der Waals surface area contributed by atoms with E-state index in [1.165, 1.54) is 33.3 Å². The molecule has 0 aliphatic carbocycles. The van der Waals surface area contributed by atoms with Crippen LogP contribution in [-0.4, -0.2) is 46.9 Å². The number of nitrogens with zero attached hydrogens (tertiary/aromatic N) is 1. The Labute approximate surface area is 153 Å². The Balaban J connectivity index is 2.09. The lowest BCUT2D eigenvalue weighted by atomic mass is 10.1. The Bertz CT molecular complexity index is 877. The summed E-state index contributed by atoms with van der Waals surface area (Å²) in [5.41, 5.74) is 1.23. The maximum Gasteiger partial charge on any atom is 0.242 e. The van der Waals surface area contributed by atoms with Crippen LogP contribution in [0.5, 0.6) is 11.5 Å². The third-order valence-corrected chi connectivity index (χ3v) is 5.59. The molecule has 0 radical (unpaired) electrons. The second-order valence-electron chi connectivity index (χ2n) is 5.71. The van der Waals surface area contributed by atoms with E-state index in [4.69, 9.17) is 9.47 Å². The second-order valence-corrected chi connectivity index (χ2v) is 7.87. The van der Waals surface area contributed by atoms with Crippen LogP contribution in [0.2, 0.25) is 0 Å². The van der Waals surface area contributed by atoms with Crippen molar-refractivity contribution in [1.82, 2.24) is 4.31 Å². The van der Waals surface area contributed by atoms with Crippen LogP contribution in [-0.2, 0) is 21.2 Å². The first kappa shape index (κ1) is 19.7. The van der Waals surface area contributed by atoms with Gasteiger partial charge in [-0.25, -0.2) is 12.7 Å². The molecule has 26 heavy (non-hydrogen) atoms. The number of hydrogen-bond acceptors (Lipinski definition) is 5. The fourth-order valence-electron chi connectivity index (χ4n) is 2.30. The predicted molar refractivity (Wildman–Crippen MR) is 99.2 cm³/mol. The van der Waals surface area contributed by atoms with Gasteiger partial charge in [-0.3, -0.25) is 4.79 Å². The summed E-state index contributed by atoms with van der Waals surface area (Å²) in [5, 5.41) is 2.74. The smallest absolute Gasteiger partial charge is 0.242 e. The Morgan fingerprint density at radius 1 is 1.04 bits per heavy atom. The number of rotatable bonds is 7. The van der Waals surface area contributed by atoms with Crippen LogP contribution in [0.1, 0.15) is 5.56 Å². The fourth-order valence-corrected chi connectivity index (χ4v) is 3.20. The first-order chi connectivity index (χ1) is 12.3. The van der Waals surface area contributed by atoms with Crippen molar-refractivity contribution in [3.63, 3.8) is 0 Å². The molecule has 2 rings (SSSR count). The minimum Gasteiger partial charge on any atom is -0.497 e. The number of benzene rings is 2. The van der Waals surface area contributed by atoms with Gasteiger partial charge in [-0.15, -0.1) is 0 Å². The number of hydrogen-bond donors (Lipinski definition) is 1. The zero-order valence-electron chi connectivity index (χ0n) is 15.1. The number of carbonyl (C=O) groups excluding carboxylic acids is 1. The number of amides is 1. The highest BCUT2D eigenvalue weighted by molar-refractivity contribution is 7.89. The summed E-state index contributed by atoms with van der Waals surface area (Å²) in [6, 6.07) is 11.3. The monoisotopic (exact) mass is 378 g/mol. The van der Waals surface area contributed by atoms with Gasteiger partial charge in [0.25, 0.3) is 0 Å². The highest BCUT2D eigenvalue weighted by Crippen LogP contribution is 2.25. The average molecular weight is 378 g/mol. The molecule has 0 saturated heterocycles. The van der Waals surface area contributed by atoms with Gasteiger partial charge < -0.3 is 14.8 Å². The van der Waals surface area contributed by atoms with E-state index in [0.717, 1.165) is 9.87 Å². The van der Waals surface area contributed by atoms with Crippen LogP contribution in [0, 0.1) is 0 Å². The number of sulfonamides is 1. The van der Waals surface area contributed by atoms with Crippen molar-refractivity contribution in [3.05, 3.63) is 48.0 Å². The van der Waals surface area contributed by atoms with Crippen LogP contribution in [0.25, 0.3) is 0 Å². The summed E-state index contributed by atoms with van der Waals surface area (Å²) in [5.74, 6) is 0.965. The minimum absolute atomic E-state index is 0.116. The molecule has 0 aliphatic heterocycles. The molecule has 8 heteroatoms. The Morgan fingerprint density at radius 3 is 2.23 bits per heavy atom. The lowest BCUT2D eigenvalue weighted by Gasteiger charge is -2.12. The van der Waals surface area contributed by atoms with Crippen molar-refractivity contribution in [2.45, 2.75) is 11.3 Å². The van der Waals surface area contributed by atoms with Gasteiger partial charge >= 0.3 is 0 Å². The van der Waals surface area contributed by atoms with Crippen molar-refractivity contribution < 1.29 is 22.7 Å². The van der Waals surface area contributed by atoms with E-state index in [9.17, 15) is 13.2 Å². The van der Waals surface area contributed by atoms with Gasteiger partial charge in [0.2, 0.25) is 15.9 Å². The van der Waals surface area contributed by atoms with E-state index >= 15 is 0 Å². The van der Waals surface area contributed by atoms with Gasteiger partial charge in [0.1, 0.15) is 11.5 Å². The molecular weight excluding hydrogens is 356 g/mol. The van der Waals surface area contributed by atoms with Crippen molar-refractivity contribution in [3.8, 4) is 11.5 Å². The molecule has 7 nitrogen and oxygen atoms in total. The normalized spacial score (nSPS) is 11.3. The third-order valence-electron chi connectivity index (χ3n) is 3.76. The van der Waals surface area contributed by atoms with Crippen molar-refractivity contribution >= 4 is 21.6 Å². The van der Waals surface area contributed by atoms with E-state index in [1.807, 2.05) is 0 Å². The molecule has 0 unspecified atom stereocenters. The number of methoxy groups -OCH3 is 2. The molecule has 0 fully saturated rings. The van der Waals surface area contributed by atoms with Crippen LogP contribution in [0.4, 0.5) is 5.69 Å². The molecule has 0 aliphatic rings. The molecule has 0 bridgehead atoms. The summed E-state index contributed by atoms with van der Waals surface area (Å²) in [4.78, 5) is 12.4. The molecule has 2 aromatic rings. The third kappa shape index (κ3) is 4.53. The lowest BCUT2D eigenvalue weighted by Crippen LogP contribution is -2.22. The first-order valence-electron chi connectivity index (χ1n) is 7.81. The quantitative estimate of drug-likeness (QED) is 0.798. The van der Waals surface area contributed by atoms with E-state index in [-0.39, 0.29) is 17.2 Å². The van der Waals surface area contributed by atoms with Gasteiger partial charge in [0, 0.05) is 31.4 Å². The Kier molecular flexibility index (Phi) is 6.23. The lowest BCUT2D eigenvalue weighted by molar-refractivity contribution is -0.115. The molecule has 0 saturated carbocycles. The molecule has 0 spiro atoms. The SMILES string of the molecule is COc1ccc(CC(=O)Nc2ccc(S(=O)(=O)N(C)C)cc2)c(OC)c1. The molecule has 1 amide bonds. The van der Waals surface area contributed by atoms with Gasteiger partial charge in [0.15, 0.2) is 0 Å². The van der Waals surface area contributed by atoms with Gasteiger partial charge in [-0.1, -0.05) is 6.07 Å². The van der Waals surface area contributed by atoms with Crippen molar-refractivity contribution in [1.29, 1.82) is 0 Å². The fraction of sp³-hybridized carbons (Fsp3) is 0.278. The summed E-state index contributed by atoms with van der Waals surface area (Å²) in [6.07, 6.45) is 0.116. The highest BCUT2D eigenvalue weighted by Gasteiger charge is 2.17. The number of nitrogens with one attached hydrogen (secondary N) is 1. The zero-order chi connectivity index (χ0) is 19.3. The second kappa shape index (κ2) is 8.20. The largest absolute Gasteiger partial charge is 0.497 e. The van der Waals surface area contributed by atoms with E-state index in [2.05, 4.69) is 5.32 Å². The van der Waals surface area contributed by atoms with Crippen molar-refractivity contribution in [2.75, 3.05) is 33.6 Å². The first-order valence-corrected chi connectivity index (χ1v) is 9.25. The van der Waals surface area contributed by atoms with E-state index < -0.39 is 10.0 Å². The van der Waals surface area contributed by atoms with Crippen LogP contribution < -0.4 is 14.8 Å². The van der Waals surface area contributed by atoms with Gasteiger partial charge in [-0.05, 0) is 30.3 Å². The number of carbonyl (C=O) groups is 1. The molecule has 140 valence electrons. The highest BCUT2D eigenvalue weighted by atomic mass is 32.2. The standard InChI is InChI=1S/C18H22N2O5S/c1-20(2)26(22,23)16-9-6-14(7-10-16)19-18(21)11-13-5-8-15(24-3)12-17(13)25-4/h5-10,12H,11H2,1-4H3,(H,19,21). The Morgan fingerprint density at radius 2 is 1.69 bits per heavy atom. The van der Waals surface area contributed by atoms with Crippen LogP contribution >= 0.6 is 0 Å². The summed E-state index contributed by atoms with van der Waals surface area (Å²) >= 11 is 0. The Hall–Kier alpha value is -2.58. The average Bonchev–Trinajstić information content (AvgIpc) is 2.62. The molecule has 0 aromatic heterocycles. The topological polar surface area (TPSA) is 84.9 Å². The predicted octanol–water partition coefficient (Wildman–Crippen LogP) is 2.14. The summed E-state index contributed by atoms with van der Waals surface area (Å²) in [7, 11) is 2.52. The summed E-state index contributed by atoms with van der Waals surface area (Å²) in [6.45, 7) is 0. The molecular formula is C18H22N2O5S. The molecule has 2 aromatic carbocycles. The maximum atomic E-state index is 12.3. The molecule has 0 heterocycles. The molecule has 1 N–H and O–H groups in total. The maximum absolute atomic E-state index is 12.3. The molecule has 0 atom stereocenters.